The summed E-state index contributed by atoms with van der Waals surface area (Å²) < 4.78 is 0. The van der Waals surface area contributed by atoms with E-state index in [-0.39, 0.29) is 36.9 Å². The Morgan fingerprint density at radius 1 is 1.06 bits per heavy atom. The molecular formula is C11H24Cl2N4O. The van der Waals surface area contributed by atoms with E-state index < -0.39 is 0 Å². The Morgan fingerprint density at radius 2 is 1.67 bits per heavy atom. The maximum Gasteiger partial charge on any atom is 0.320 e. The zero-order valence-electron chi connectivity index (χ0n) is 10.9. The number of nitrogens with zero attached hydrogens (tertiary/aromatic N) is 3. The zero-order chi connectivity index (χ0) is 11.5. The monoisotopic (exact) mass is 298 g/mol. The average Bonchev–Trinajstić information content (AvgIpc) is 2.29. The molecule has 2 heterocycles. The lowest BCUT2D eigenvalue weighted by atomic mass is 10.1. The maximum absolute atomic E-state index is 12.2. The first-order valence-corrected chi connectivity index (χ1v) is 6.15. The first-order chi connectivity index (χ1) is 7.66. The molecule has 0 aromatic carbocycles. The van der Waals surface area contributed by atoms with Gasteiger partial charge in [-0.05, 0) is 19.9 Å². The SMILES string of the molecule is CN1CCN(C(=O)N2CCCC(N)C2)CC1.Cl.Cl. The predicted molar refractivity (Wildman–Crippen MR) is 77.7 cm³/mol. The Morgan fingerprint density at radius 3 is 2.22 bits per heavy atom. The van der Waals surface area contributed by atoms with Crippen LogP contribution in [0.1, 0.15) is 12.8 Å². The number of nitrogens with two attached hydrogens (primary N) is 1. The number of likely N-dealkylation sites (tertiary alicyclic amines) is 1. The molecule has 2 amide bonds. The van der Waals surface area contributed by atoms with Crippen LogP contribution in [0.3, 0.4) is 0 Å². The van der Waals surface area contributed by atoms with Crippen LogP contribution in [0.25, 0.3) is 0 Å². The number of piperazine rings is 1. The standard InChI is InChI=1S/C11H22N4O.2ClH/c1-13-5-7-14(8-6-13)11(16)15-4-2-3-10(12)9-15;;/h10H,2-9,12H2,1H3;2*1H. The van der Waals surface area contributed by atoms with E-state index in [4.69, 9.17) is 5.73 Å². The molecule has 1 unspecified atom stereocenters. The second-order valence-corrected chi connectivity index (χ2v) is 4.92. The smallest absolute Gasteiger partial charge is 0.320 e. The molecule has 0 aromatic heterocycles. The van der Waals surface area contributed by atoms with Crippen molar-refractivity contribution in [1.82, 2.24) is 14.7 Å². The van der Waals surface area contributed by atoms with Crippen molar-refractivity contribution in [1.29, 1.82) is 0 Å². The molecule has 1 atom stereocenters. The second-order valence-electron chi connectivity index (χ2n) is 4.92. The average molecular weight is 299 g/mol. The fourth-order valence-corrected chi connectivity index (χ4v) is 2.38. The van der Waals surface area contributed by atoms with Crippen LogP contribution in [0.2, 0.25) is 0 Å². The van der Waals surface area contributed by atoms with Crippen LogP contribution < -0.4 is 5.73 Å². The van der Waals surface area contributed by atoms with Gasteiger partial charge in [0.25, 0.3) is 0 Å². The number of hydrogen-bond donors (Lipinski definition) is 1. The molecule has 0 spiro atoms. The number of amides is 2. The van der Waals surface area contributed by atoms with Gasteiger partial charge in [0.05, 0.1) is 0 Å². The van der Waals surface area contributed by atoms with E-state index in [9.17, 15) is 4.79 Å². The molecule has 0 saturated carbocycles. The Balaban J connectivity index is 0.00000144. The van der Waals surface area contributed by atoms with Crippen molar-refractivity contribution >= 4 is 30.8 Å². The summed E-state index contributed by atoms with van der Waals surface area (Å²) in [7, 11) is 2.10. The summed E-state index contributed by atoms with van der Waals surface area (Å²) in [5.41, 5.74) is 5.89. The van der Waals surface area contributed by atoms with Crippen molar-refractivity contribution in [3.8, 4) is 0 Å². The number of carbonyl (C=O) groups excluding carboxylic acids is 1. The topological polar surface area (TPSA) is 52.8 Å². The van der Waals surface area contributed by atoms with E-state index >= 15 is 0 Å². The minimum absolute atomic E-state index is 0. The lowest BCUT2D eigenvalue weighted by Crippen LogP contribution is -2.55. The third-order valence-corrected chi connectivity index (χ3v) is 3.50. The van der Waals surface area contributed by atoms with Crippen LogP contribution in [-0.2, 0) is 0 Å². The van der Waals surface area contributed by atoms with Crippen LogP contribution in [0.5, 0.6) is 0 Å². The van der Waals surface area contributed by atoms with Gasteiger partial charge in [0.15, 0.2) is 0 Å². The number of halogens is 2. The van der Waals surface area contributed by atoms with Crippen molar-refractivity contribution in [3.05, 3.63) is 0 Å². The number of hydrogen-bond acceptors (Lipinski definition) is 3. The van der Waals surface area contributed by atoms with E-state index in [2.05, 4.69) is 11.9 Å². The third kappa shape index (κ3) is 4.46. The fourth-order valence-electron chi connectivity index (χ4n) is 2.38. The van der Waals surface area contributed by atoms with Gasteiger partial charge in [-0.15, -0.1) is 24.8 Å². The highest BCUT2D eigenvalue weighted by molar-refractivity contribution is 5.85. The number of carbonyl (C=O) groups is 1. The molecule has 2 fully saturated rings. The number of piperidine rings is 1. The fraction of sp³-hybridized carbons (Fsp3) is 0.909. The lowest BCUT2D eigenvalue weighted by Gasteiger charge is -2.38. The van der Waals surface area contributed by atoms with Crippen LogP contribution in [0.15, 0.2) is 0 Å². The van der Waals surface area contributed by atoms with Crippen molar-refractivity contribution < 1.29 is 4.79 Å². The van der Waals surface area contributed by atoms with Gasteiger partial charge in [-0.1, -0.05) is 0 Å². The third-order valence-electron chi connectivity index (χ3n) is 3.50. The Labute approximate surface area is 121 Å². The van der Waals surface area contributed by atoms with Crippen molar-refractivity contribution in [2.24, 2.45) is 5.73 Å². The zero-order valence-corrected chi connectivity index (χ0v) is 12.5. The molecule has 2 N–H and O–H groups in total. The first kappa shape index (κ1) is 17.8. The molecule has 2 aliphatic heterocycles. The van der Waals surface area contributed by atoms with Gasteiger partial charge in [-0.3, -0.25) is 0 Å². The minimum Gasteiger partial charge on any atom is -0.326 e. The lowest BCUT2D eigenvalue weighted by molar-refractivity contribution is 0.113. The molecule has 5 nitrogen and oxygen atoms in total. The van der Waals surface area contributed by atoms with E-state index in [1.807, 2.05) is 9.80 Å². The molecule has 0 aromatic rings. The Hall–Kier alpha value is -0.230. The molecule has 0 aliphatic carbocycles. The highest BCUT2D eigenvalue weighted by atomic mass is 35.5. The van der Waals surface area contributed by atoms with Gasteiger partial charge in [0.2, 0.25) is 0 Å². The Kier molecular flexibility index (Phi) is 7.94. The normalized spacial score (nSPS) is 25.1. The van der Waals surface area contributed by atoms with Crippen molar-refractivity contribution in [2.75, 3.05) is 46.3 Å². The number of rotatable bonds is 0. The predicted octanol–water partition coefficient (Wildman–Crippen LogP) is 0.621. The number of likely N-dealkylation sites (N-methyl/N-ethyl adjacent to an activating group) is 1. The quantitative estimate of drug-likeness (QED) is 0.713. The molecule has 0 bridgehead atoms. The van der Waals surface area contributed by atoms with Crippen molar-refractivity contribution in [3.63, 3.8) is 0 Å². The van der Waals surface area contributed by atoms with Gasteiger partial charge in [-0.25, -0.2) is 4.79 Å². The summed E-state index contributed by atoms with van der Waals surface area (Å²) in [6.07, 6.45) is 2.09. The van der Waals surface area contributed by atoms with Crippen molar-refractivity contribution in [2.45, 2.75) is 18.9 Å². The second kappa shape index (κ2) is 8.04. The Bertz CT molecular complexity index is 259. The van der Waals surface area contributed by atoms with Gasteiger partial charge < -0.3 is 20.4 Å². The highest BCUT2D eigenvalue weighted by Crippen LogP contribution is 2.12. The van der Waals surface area contributed by atoms with E-state index in [1.165, 1.54) is 0 Å². The van der Waals surface area contributed by atoms with Gasteiger partial charge in [0, 0.05) is 45.3 Å². The summed E-state index contributed by atoms with van der Waals surface area (Å²) in [6.45, 7) is 5.25. The largest absolute Gasteiger partial charge is 0.326 e. The highest BCUT2D eigenvalue weighted by Gasteiger charge is 2.27. The van der Waals surface area contributed by atoms with Gasteiger partial charge in [0.1, 0.15) is 0 Å². The van der Waals surface area contributed by atoms with E-state index in [0.29, 0.717) is 0 Å². The minimum atomic E-state index is 0. The van der Waals surface area contributed by atoms with Crippen LogP contribution in [-0.4, -0.2) is 73.1 Å². The molecule has 2 saturated heterocycles. The first-order valence-electron chi connectivity index (χ1n) is 6.15. The summed E-state index contributed by atoms with van der Waals surface area (Å²) in [5, 5.41) is 0. The van der Waals surface area contributed by atoms with Crippen LogP contribution in [0, 0.1) is 0 Å². The molecule has 0 radical (unpaired) electrons. The molecular weight excluding hydrogens is 275 g/mol. The summed E-state index contributed by atoms with van der Waals surface area (Å²) >= 11 is 0. The number of urea groups is 1. The van der Waals surface area contributed by atoms with E-state index in [1.54, 1.807) is 0 Å². The maximum atomic E-state index is 12.2. The molecule has 2 aliphatic rings. The van der Waals surface area contributed by atoms with Crippen LogP contribution in [0.4, 0.5) is 4.79 Å². The summed E-state index contributed by atoms with van der Waals surface area (Å²) in [6, 6.07) is 0.355. The molecule has 18 heavy (non-hydrogen) atoms. The summed E-state index contributed by atoms with van der Waals surface area (Å²) in [5.74, 6) is 0. The molecule has 2 rings (SSSR count). The van der Waals surface area contributed by atoms with Gasteiger partial charge in [-0.2, -0.15) is 0 Å². The van der Waals surface area contributed by atoms with Gasteiger partial charge >= 0.3 is 6.03 Å². The van der Waals surface area contributed by atoms with Crippen LogP contribution >= 0.6 is 24.8 Å². The molecule has 108 valence electrons. The van der Waals surface area contributed by atoms with E-state index in [0.717, 1.165) is 52.1 Å². The summed E-state index contributed by atoms with van der Waals surface area (Å²) in [4.78, 5) is 18.3. The molecule has 7 heteroatoms.